The molecule has 1 aromatic heterocycles. The van der Waals surface area contributed by atoms with Crippen molar-refractivity contribution in [3.63, 3.8) is 0 Å². The van der Waals surface area contributed by atoms with E-state index in [0.717, 1.165) is 16.5 Å². The smallest absolute Gasteiger partial charge is 0.0747 e. The number of nitrogens with zero attached hydrogens (tertiary/aromatic N) is 1. The van der Waals surface area contributed by atoms with Crippen LogP contribution in [0.2, 0.25) is 0 Å². The Hall–Kier alpha value is -1.30. The highest BCUT2D eigenvalue weighted by Gasteiger charge is 2.00. The molecule has 1 unspecified atom stereocenters. The van der Waals surface area contributed by atoms with Crippen LogP contribution in [0.1, 0.15) is 5.56 Å². The van der Waals surface area contributed by atoms with E-state index in [0.29, 0.717) is 0 Å². The third kappa shape index (κ3) is 2.38. The number of para-hydroxylation sites is 1. The SMILES string of the molecule is O=S([O-])NCc1cccc2cccnc12. The van der Waals surface area contributed by atoms with E-state index in [9.17, 15) is 8.76 Å². The average Bonchev–Trinajstić information content (AvgIpc) is 2.26. The molecule has 2 aromatic rings. The third-order valence-corrected chi connectivity index (χ3v) is 2.48. The first-order valence-corrected chi connectivity index (χ1v) is 5.50. The molecule has 0 saturated heterocycles. The van der Waals surface area contributed by atoms with Gasteiger partial charge in [-0.2, -0.15) is 0 Å². The van der Waals surface area contributed by atoms with Crippen molar-refractivity contribution >= 4 is 22.2 Å². The van der Waals surface area contributed by atoms with Gasteiger partial charge in [0.15, 0.2) is 0 Å². The Morgan fingerprint density at radius 2 is 2.13 bits per heavy atom. The van der Waals surface area contributed by atoms with Crippen molar-refractivity contribution in [2.24, 2.45) is 0 Å². The van der Waals surface area contributed by atoms with E-state index >= 15 is 0 Å². The van der Waals surface area contributed by atoms with Crippen molar-refractivity contribution in [2.45, 2.75) is 6.54 Å². The Kier molecular flexibility index (Phi) is 3.05. The fourth-order valence-corrected chi connectivity index (χ4v) is 1.72. The monoisotopic (exact) mass is 221 g/mol. The van der Waals surface area contributed by atoms with Crippen LogP contribution in [0.5, 0.6) is 0 Å². The lowest BCUT2D eigenvalue weighted by Crippen LogP contribution is -2.15. The zero-order valence-corrected chi connectivity index (χ0v) is 8.66. The van der Waals surface area contributed by atoms with Gasteiger partial charge in [0.05, 0.1) is 5.52 Å². The molecule has 15 heavy (non-hydrogen) atoms. The highest BCUT2D eigenvalue weighted by atomic mass is 32.2. The number of rotatable bonds is 3. The minimum absolute atomic E-state index is 0.268. The van der Waals surface area contributed by atoms with Gasteiger partial charge in [0.25, 0.3) is 0 Å². The zero-order chi connectivity index (χ0) is 10.7. The lowest BCUT2D eigenvalue weighted by Gasteiger charge is -2.08. The molecule has 1 atom stereocenters. The fraction of sp³-hybridized carbons (Fsp3) is 0.100. The van der Waals surface area contributed by atoms with Gasteiger partial charge in [-0.25, -0.2) is 4.72 Å². The Morgan fingerprint density at radius 1 is 1.33 bits per heavy atom. The van der Waals surface area contributed by atoms with Crippen LogP contribution < -0.4 is 4.72 Å². The highest BCUT2D eigenvalue weighted by Crippen LogP contribution is 2.15. The normalized spacial score (nSPS) is 12.9. The molecule has 0 aliphatic rings. The summed E-state index contributed by atoms with van der Waals surface area (Å²) in [5, 5.41) is 1.01. The Labute approximate surface area is 89.8 Å². The molecule has 78 valence electrons. The number of benzene rings is 1. The molecule has 1 heterocycles. The predicted molar refractivity (Wildman–Crippen MR) is 57.5 cm³/mol. The Bertz CT molecular complexity index is 496. The van der Waals surface area contributed by atoms with Crippen molar-refractivity contribution in [1.82, 2.24) is 9.71 Å². The molecule has 1 N–H and O–H groups in total. The lowest BCUT2D eigenvalue weighted by atomic mass is 10.1. The maximum atomic E-state index is 10.4. The van der Waals surface area contributed by atoms with Gasteiger partial charge in [0.2, 0.25) is 0 Å². The number of fused-ring (bicyclic) bond motifs is 1. The fourth-order valence-electron chi connectivity index (χ4n) is 1.45. The maximum Gasteiger partial charge on any atom is 0.0747 e. The topological polar surface area (TPSA) is 65.0 Å². The van der Waals surface area contributed by atoms with E-state index < -0.39 is 11.3 Å². The molecule has 0 aliphatic carbocycles. The van der Waals surface area contributed by atoms with Crippen LogP contribution in [0.4, 0.5) is 0 Å². The van der Waals surface area contributed by atoms with Gasteiger partial charge in [-0.1, -0.05) is 24.3 Å². The molecule has 0 bridgehead atoms. The summed E-state index contributed by atoms with van der Waals surface area (Å²) in [6.45, 7) is 0.268. The van der Waals surface area contributed by atoms with Gasteiger partial charge in [-0.15, -0.1) is 0 Å². The molecule has 0 saturated carbocycles. The van der Waals surface area contributed by atoms with Crippen LogP contribution in [0.3, 0.4) is 0 Å². The summed E-state index contributed by atoms with van der Waals surface area (Å²) in [5.41, 5.74) is 1.70. The zero-order valence-electron chi connectivity index (χ0n) is 7.84. The first-order valence-electron chi connectivity index (χ1n) is 4.43. The van der Waals surface area contributed by atoms with Crippen LogP contribution >= 0.6 is 0 Å². The minimum Gasteiger partial charge on any atom is -0.760 e. The summed E-state index contributed by atoms with van der Waals surface area (Å²) in [6, 6.07) is 9.48. The molecular formula is C10H9N2O2S-. The average molecular weight is 221 g/mol. The van der Waals surface area contributed by atoms with Crippen LogP contribution in [0, 0.1) is 0 Å². The van der Waals surface area contributed by atoms with E-state index in [1.54, 1.807) is 6.20 Å². The van der Waals surface area contributed by atoms with E-state index in [1.807, 2.05) is 30.3 Å². The van der Waals surface area contributed by atoms with Crippen molar-refractivity contribution in [1.29, 1.82) is 0 Å². The molecule has 0 spiro atoms. The number of nitrogens with one attached hydrogen (secondary N) is 1. The largest absolute Gasteiger partial charge is 0.760 e. The van der Waals surface area contributed by atoms with E-state index in [1.165, 1.54) is 0 Å². The van der Waals surface area contributed by atoms with Gasteiger partial charge in [0.1, 0.15) is 0 Å². The van der Waals surface area contributed by atoms with Crippen molar-refractivity contribution < 1.29 is 8.76 Å². The lowest BCUT2D eigenvalue weighted by molar-refractivity contribution is 0.523. The molecule has 0 fully saturated rings. The molecule has 4 nitrogen and oxygen atoms in total. The van der Waals surface area contributed by atoms with Gasteiger partial charge in [0, 0.05) is 29.4 Å². The minimum atomic E-state index is -2.24. The first kappa shape index (κ1) is 10.2. The van der Waals surface area contributed by atoms with E-state index in [2.05, 4.69) is 9.71 Å². The molecule has 0 amide bonds. The quantitative estimate of drug-likeness (QED) is 0.790. The van der Waals surface area contributed by atoms with Crippen molar-refractivity contribution in [2.75, 3.05) is 0 Å². The van der Waals surface area contributed by atoms with E-state index in [-0.39, 0.29) is 6.54 Å². The van der Waals surface area contributed by atoms with E-state index in [4.69, 9.17) is 0 Å². The first-order chi connectivity index (χ1) is 7.27. The summed E-state index contributed by atoms with van der Waals surface area (Å²) >= 11 is -2.24. The second-order valence-corrected chi connectivity index (χ2v) is 3.81. The van der Waals surface area contributed by atoms with Gasteiger partial charge in [-0.3, -0.25) is 9.19 Å². The molecule has 0 radical (unpaired) electrons. The van der Waals surface area contributed by atoms with Crippen LogP contribution in [-0.4, -0.2) is 13.7 Å². The third-order valence-electron chi connectivity index (χ3n) is 2.10. The standard InChI is InChI=1S/C10H10N2O2S/c13-15(14)12-7-9-4-1-3-8-5-2-6-11-10(8)9/h1-6,12H,7H2,(H,13,14)/p-1. The number of hydrogen-bond donors (Lipinski definition) is 1. The van der Waals surface area contributed by atoms with Gasteiger partial charge < -0.3 is 4.55 Å². The number of aromatic nitrogens is 1. The van der Waals surface area contributed by atoms with Gasteiger partial charge in [-0.05, 0) is 11.6 Å². The summed E-state index contributed by atoms with van der Waals surface area (Å²) in [4.78, 5) is 4.22. The molecular weight excluding hydrogens is 212 g/mol. The second kappa shape index (κ2) is 4.48. The summed E-state index contributed by atoms with van der Waals surface area (Å²) < 4.78 is 23.1. The summed E-state index contributed by atoms with van der Waals surface area (Å²) in [7, 11) is 0. The predicted octanol–water partition coefficient (Wildman–Crippen LogP) is 1.12. The Morgan fingerprint density at radius 3 is 2.93 bits per heavy atom. The highest BCUT2D eigenvalue weighted by molar-refractivity contribution is 7.77. The molecule has 2 rings (SSSR count). The molecule has 0 aliphatic heterocycles. The maximum absolute atomic E-state index is 10.4. The van der Waals surface area contributed by atoms with Crippen LogP contribution in [-0.2, 0) is 17.8 Å². The van der Waals surface area contributed by atoms with Crippen LogP contribution in [0.25, 0.3) is 10.9 Å². The van der Waals surface area contributed by atoms with Crippen molar-refractivity contribution in [3.8, 4) is 0 Å². The molecule has 5 heteroatoms. The molecule has 1 aromatic carbocycles. The number of pyridine rings is 1. The van der Waals surface area contributed by atoms with Gasteiger partial charge >= 0.3 is 0 Å². The summed E-state index contributed by atoms with van der Waals surface area (Å²) in [6.07, 6.45) is 1.69. The van der Waals surface area contributed by atoms with Crippen molar-refractivity contribution in [3.05, 3.63) is 42.1 Å². The number of hydrogen-bond acceptors (Lipinski definition) is 3. The second-order valence-electron chi connectivity index (χ2n) is 3.05. The summed E-state index contributed by atoms with van der Waals surface area (Å²) in [5.74, 6) is 0. The van der Waals surface area contributed by atoms with Crippen LogP contribution in [0.15, 0.2) is 36.5 Å². The Balaban J connectivity index is 2.38.